The monoisotopic (exact) mass is 359 g/mol. The second-order valence-corrected chi connectivity index (χ2v) is 6.46. The molecule has 0 aliphatic carbocycles. The highest BCUT2D eigenvalue weighted by Gasteiger charge is 2.20. The summed E-state index contributed by atoms with van der Waals surface area (Å²) in [6, 6.07) is 11.5. The molecule has 0 N–H and O–H groups in total. The van der Waals surface area contributed by atoms with Crippen molar-refractivity contribution in [2.75, 3.05) is 24.7 Å². The van der Waals surface area contributed by atoms with E-state index in [1.54, 1.807) is 11.0 Å². The second-order valence-electron chi connectivity index (χ2n) is 6.06. The molecule has 0 saturated carbocycles. The highest BCUT2D eigenvalue weighted by atomic mass is 35.5. The minimum absolute atomic E-state index is 0.0300. The van der Waals surface area contributed by atoms with E-state index in [0.717, 1.165) is 23.2 Å². The van der Waals surface area contributed by atoms with Gasteiger partial charge in [-0.25, -0.2) is 0 Å². The number of hydrogen-bond donors (Lipinski definition) is 0. The number of para-hydroxylation sites is 1. The lowest BCUT2D eigenvalue weighted by Gasteiger charge is -2.23. The molecule has 3 rings (SSSR count). The number of rotatable bonds is 4. The Hall–Kier alpha value is -2.20. The highest BCUT2D eigenvalue weighted by Crippen LogP contribution is 2.38. The van der Waals surface area contributed by atoms with Gasteiger partial charge < -0.3 is 14.4 Å². The lowest BCUT2D eigenvalue weighted by Crippen LogP contribution is -2.32. The Balaban J connectivity index is 1.84. The summed E-state index contributed by atoms with van der Waals surface area (Å²) in [7, 11) is 0. The molecule has 5 heteroatoms. The van der Waals surface area contributed by atoms with E-state index in [0.29, 0.717) is 36.3 Å². The van der Waals surface area contributed by atoms with Crippen LogP contribution in [0.2, 0.25) is 5.02 Å². The molecule has 1 aliphatic rings. The fraction of sp³-hybridized carbons (Fsp3) is 0.350. The first-order chi connectivity index (χ1) is 12.1. The highest BCUT2D eigenvalue weighted by molar-refractivity contribution is 6.32. The van der Waals surface area contributed by atoms with Crippen LogP contribution in [0.25, 0.3) is 0 Å². The molecular weight excluding hydrogens is 338 g/mol. The number of carbonyl (C=O) groups excluding carboxylic acids is 1. The first kappa shape index (κ1) is 17.6. The number of amides is 1. The number of benzene rings is 2. The summed E-state index contributed by atoms with van der Waals surface area (Å²) in [4.78, 5) is 14.7. The summed E-state index contributed by atoms with van der Waals surface area (Å²) in [5.41, 5.74) is 2.84. The average Bonchev–Trinajstić information content (AvgIpc) is 2.83. The van der Waals surface area contributed by atoms with Gasteiger partial charge in [-0.1, -0.05) is 29.8 Å². The topological polar surface area (TPSA) is 38.8 Å². The maximum atomic E-state index is 12.9. The molecule has 132 valence electrons. The van der Waals surface area contributed by atoms with Gasteiger partial charge in [0.25, 0.3) is 0 Å². The van der Waals surface area contributed by atoms with E-state index in [1.807, 2.05) is 44.2 Å². The average molecular weight is 360 g/mol. The van der Waals surface area contributed by atoms with Crippen molar-refractivity contribution in [2.45, 2.75) is 26.7 Å². The van der Waals surface area contributed by atoms with E-state index in [2.05, 4.69) is 0 Å². The minimum atomic E-state index is 0.0300. The quantitative estimate of drug-likeness (QED) is 0.811. The van der Waals surface area contributed by atoms with Gasteiger partial charge in [0.15, 0.2) is 11.5 Å². The number of likely N-dealkylation sites (N-methyl/N-ethyl adjacent to an activating group) is 1. The number of carbonyl (C=O) groups is 1. The number of fused-ring (bicyclic) bond motifs is 1. The van der Waals surface area contributed by atoms with Crippen LogP contribution >= 0.6 is 11.6 Å². The van der Waals surface area contributed by atoms with Crippen LogP contribution in [0, 0.1) is 6.92 Å². The zero-order chi connectivity index (χ0) is 17.8. The SMILES string of the molecule is CCN(C(=O)Cc1cc(Cl)c2c(c1)OCCCO2)c1ccccc1C. The Morgan fingerprint density at radius 1 is 1.20 bits per heavy atom. The molecule has 2 aromatic rings. The van der Waals surface area contributed by atoms with Crippen LogP contribution in [-0.2, 0) is 11.2 Å². The molecule has 25 heavy (non-hydrogen) atoms. The van der Waals surface area contributed by atoms with Gasteiger partial charge >= 0.3 is 0 Å². The van der Waals surface area contributed by atoms with Crippen LogP contribution in [0.5, 0.6) is 11.5 Å². The van der Waals surface area contributed by atoms with E-state index in [4.69, 9.17) is 21.1 Å². The largest absolute Gasteiger partial charge is 0.489 e. The van der Waals surface area contributed by atoms with E-state index in [9.17, 15) is 4.79 Å². The second kappa shape index (κ2) is 7.79. The van der Waals surface area contributed by atoms with Crippen molar-refractivity contribution in [2.24, 2.45) is 0 Å². The van der Waals surface area contributed by atoms with Crippen molar-refractivity contribution in [1.29, 1.82) is 0 Å². The van der Waals surface area contributed by atoms with Crippen LogP contribution in [-0.4, -0.2) is 25.7 Å². The molecule has 0 bridgehead atoms. The van der Waals surface area contributed by atoms with Gasteiger partial charge in [0.2, 0.25) is 5.91 Å². The predicted octanol–water partition coefficient (Wildman–Crippen LogP) is 4.41. The zero-order valence-corrected chi connectivity index (χ0v) is 15.3. The summed E-state index contributed by atoms with van der Waals surface area (Å²) in [5.74, 6) is 1.22. The fourth-order valence-electron chi connectivity index (χ4n) is 3.00. The molecule has 1 aliphatic heterocycles. The summed E-state index contributed by atoms with van der Waals surface area (Å²) in [5, 5.41) is 0.487. The summed E-state index contributed by atoms with van der Waals surface area (Å²) >= 11 is 6.33. The third kappa shape index (κ3) is 3.90. The predicted molar refractivity (Wildman–Crippen MR) is 100.0 cm³/mol. The van der Waals surface area contributed by atoms with Crippen molar-refractivity contribution < 1.29 is 14.3 Å². The Morgan fingerprint density at radius 2 is 1.96 bits per heavy atom. The molecule has 0 radical (unpaired) electrons. The maximum Gasteiger partial charge on any atom is 0.231 e. The molecule has 0 spiro atoms. The molecule has 0 fully saturated rings. The molecule has 4 nitrogen and oxygen atoms in total. The van der Waals surface area contributed by atoms with Crippen molar-refractivity contribution in [3.8, 4) is 11.5 Å². The van der Waals surface area contributed by atoms with Gasteiger partial charge in [0, 0.05) is 18.7 Å². The summed E-state index contributed by atoms with van der Waals surface area (Å²) in [6.07, 6.45) is 1.08. The number of nitrogens with zero attached hydrogens (tertiary/aromatic N) is 1. The van der Waals surface area contributed by atoms with Crippen molar-refractivity contribution in [3.63, 3.8) is 0 Å². The molecule has 0 atom stereocenters. The van der Waals surface area contributed by atoms with Crippen molar-refractivity contribution in [1.82, 2.24) is 0 Å². The molecular formula is C20H22ClNO3. The van der Waals surface area contributed by atoms with Gasteiger partial charge in [-0.15, -0.1) is 0 Å². The number of anilines is 1. The van der Waals surface area contributed by atoms with Crippen LogP contribution in [0.1, 0.15) is 24.5 Å². The molecule has 0 saturated heterocycles. The summed E-state index contributed by atoms with van der Waals surface area (Å²) in [6.45, 7) is 5.77. The lowest BCUT2D eigenvalue weighted by atomic mass is 10.1. The number of ether oxygens (including phenoxy) is 2. The van der Waals surface area contributed by atoms with Gasteiger partial charge in [0.05, 0.1) is 24.7 Å². The molecule has 0 aromatic heterocycles. The van der Waals surface area contributed by atoms with E-state index in [-0.39, 0.29) is 12.3 Å². The van der Waals surface area contributed by atoms with Gasteiger partial charge in [-0.2, -0.15) is 0 Å². The third-order valence-electron chi connectivity index (χ3n) is 4.24. The lowest BCUT2D eigenvalue weighted by molar-refractivity contribution is -0.117. The van der Waals surface area contributed by atoms with Gasteiger partial charge in [0.1, 0.15) is 0 Å². The van der Waals surface area contributed by atoms with E-state index < -0.39 is 0 Å². The van der Waals surface area contributed by atoms with E-state index >= 15 is 0 Å². The normalized spacial score (nSPS) is 13.2. The molecule has 1 heterocycles. The van der Waals surface area contributed by atoms with Crippen LogP contribution in [0.15, 0.2) is 36.4 Å². The first-order valence-electron chi connectivity index (χ1n) is 8.54. The number of aryl methyl sites for hydroxylation is 1. The Kier molecular flexibility index (Phi) is 5.49. The standard InChI is InChI=1S/C20H22ClNO3/c1-3-22(17-8-5-4-7-14(17)2)19(23)13-15-11-16(21)20-18(12-15)24-9-6-10-25-20/h4-5,7-8,11-12H,3,6,9-10,13H2,1-2H3. The number of hydrogen-bond acceptors (Lipinski definition) is 3. The first-order valence-corrected chi connectivity index (χ1v) is 8.92. The molecule has 0 unspecified atom stereocenters. The van der Waals surface area contributed by atoms with E-state index in [1.165, 1.54) is 0 Å². The van der Waals surface area contributed by atoms with Gasteiger partial charge in [-0.3, -0.25) is 4.79 Å². The summed E-state index contributed by atoms with van der Waals surface area (Å²) < 4.78 is 11.3. The van der Waals surface area contributed by atoms with Crippen molar-refractivity contribution >= 4 is 23.2 Å². The number of halogens is 1. The van der Waals surface area contributed by atoms with Crippen LogP contribution in [0.4, 0.5) is 5.69 Å². The van der Waals surface area contributed by atoms with Crippen LogP contribution in [0.3, 0.4) is 0 Å². The van der Waals surface area contributed by atoms with Crippen LogP contribution < -0.4 is 14.4 Å². The fourth-order valence-corrected chi connectivity index (χ4v) is 3.29. The smallest absolute Gasteiger partial charge is 0.231 e. The zero-order valence-electron chi connectivity index (χ0n) is 14.5. The Labute approximate surface area is 153 Å². The maximum absolute atomic E-state index is 12.9. The Morgan fingerprint density at radius 3 is 2.72 bits per heavy atom. The third-order valence-corrected chi connectivity index (χ3v) is 4.52. The Bertz CT molecular complexity index is 776. The van der Waals surface area contributed by atoms with Gasteiger partial charge in [-0.05, 0) is 43.2 Å². The van der Waals surface area contributed by atoms with Crippen molar-refractivity contribution in [3.05, 3.63) is 52.5 Å². The minimum Gasteiger partial charge on any atom is -0.489 e. The molecule has 1 amide bonds. The molecule has 2 aromatic carbocycles.